The highest BCUT2D eigenvalue weighted by Gasteiger charge is 2.46. The molecule has 0 atom stereocenters. The average Bonchev–Trinajstić information content (AvgIpc) is 3.09. The summed E-state index contributed by atoms with van der Waals surface area (Å²) in [5.74, 6) is 0.826. The van der Waals surface area contributed by atoms with E-state index in [4.69, 9.17) is 26.8 Å². The van der Waals surface area contributed by atoms with E-state index < -0.39 is 0 Å². The minimum absolute atomic E-state index is 0.0732. The molecular weight excluding hydrogens is 238 g/mol. The van der Waals surface area contributed by atoms with E-state index in [2.05, 4.69) is 0 Å². The predicted molar refractivity (Wildman–Crippen MR) is 68.7 cm³/mol. The van der Waals surface area contributed by atoms with E-state index in [1.807, 2.05) is 12.1 Å². The van der Waals surface area contributed by atoms with E-state index in [0.29, 0.717) is 18.2 Å². The zero-order chi connectivity index (χ0) is 12.5. The molecular formula is C13H18ClNO2. The summed E-state index contributed by atoms with van der Waals surface area (Å²) in [5.41, 5.74) is 8.23. The maximum absolute atomic E-state index is 6.08. The Kier molecular flexibility index (Phi) is 3.61. The summed E-state index contributed by atoms with van der Waals surface area (Å²) in [6.07, 6.45) is 2.22. The summed E-state index contributed by atoms with van der Waals surface area (Å²) in [4.78, 5) is 0. The number of hydrogen-bond donors (Lipinski definition) is 1. The van der Waals surface area contributed by atoms with Gasteiger partial charge in [-0.2, -0.15) is 0 Å². The number of rotatable bonds is 5. The normalized spacial score (nSPS) is 16.9. The van der Waals surface area contributed by atoms with Gasteiger partial charge in [-0.3, -0.25) is 0 Å². The van der Waals surface area contributed by atoms with Gasteiger partial charge < -0.3 is 15.2 Å². The Morgan fingerprint density at radius 1 is 1.35 bits per heavy atom. The highest BCUT2D eigenvalue weighted by atomic mass is 35.5. The van der Waals surface area contributed by atoms with E-state index in [9.17, 15) is 0 Å². The van der Waals surface area contributed by atoms with Crippen molar-refractivity contribution in [2.24, 2.45) is 5.73 Å². The highest BCUT2D eigenvalue weighted by molar-refractivity contribution is 6.30. The fourth-order valence-corrected chi connectivity index (χ4v) is 2.61. The standard InChI is InChI=1S/C13H18ClNO2/c1-16-7-9-5-10(14)6-11(17-2)12(9)13(8-15)3-4-13/h5-6H,3-4,7-8,15H2,1-2H3. The summed E-state index contributed by atoms with van der Waals surface area (Å²) in [7, 11) is 3.34. The summed E-state index contributed by atoms with van der Waals surface area (Å²) in [5, 5.41) is 0.672. The average molecular weight is 256 g/mol. The lowest BCUT2D eigenvalue weighted by Gasteiger charge is -2.21. The first-order valence-electron chi connectivity index (χ1n) is 5.73. The maximum atomic E-state index is 6.08. The van der Waals surface area contributed by atoms with Crippen LogP contribution in [-0.4, -0.2) is 20.8 Å². The highest BCUT2D eigenvalue weighted by Crippen LogP contribution is 2.52. The number of ether oxygens (including phenoxy) is 2. The SMILES string of the molecule is COCc1cc(Cl)cc(OC)c1C1(CN)CC1. The predicted octanol–water partition coefficient (Wildman–Crippen LogP) is 2.49. The zero-order valence-electron chi connectivity index (χ0n) is 10.3. The van der Waals surface area contributed by atoms with Crippen LogP contribution in [-0.2, 0) is 16.8 Å². The van der Waals surface area contributed by atoms with Crippen LogP contribution in [0.3, 0.4) is 0 Å². The molecule has 4 heteroatoms. The van der Waals surface area contributed by atoms with Crippen molar-refractivity contribution >= 4 is 11.6 Å². The number of halogens is 1. The van der Waals surface area contributed by atoms with Crippen molar-refractivity contribution in [2.75, 3.05) is 20.8 Å². The van der Waals surface area contributed by atoms with Gasteiger partial charge in [-0.1, -0.05) is 11.6 Å². The minimum Gasteiger partial charge on any atom is -0.496 e. The molecule has 0 heterocycles. The van der Waals surface area contributed by atoms with Crippen molar-refractivity contribution in [1.82, 2.24) is 0 Å². The van der Waals surface area contributed by atoms with E-state index in [0.717, 1.165) is 24.2 Å². The van der Waals surface area contributed by atoms with Crippen LogP contribution in [0.4, 0.5) is 0 Å². The van der Waals surface area contributed by atoms with Gasteiger partial charge in [0.05, 0.1) is 13.7 Å². The van der Waals surface area contributed by atoms with E-state index in [1.54, 1.807) is 14.2 Å². The van der Waals surface area contributed by atoms with Crippen molar-refractivity contribution in [2.45, 2.75) is 24.9 Å². The maximum Gasteiger partial charge on any atom is 0.124 e. The molecule has 0 amide bonds. The van der Waals surface area contributed by atoms with Crippen molar-refractivity contribution in [3.8, 4) is 5.75 Å². The zero-order valence-corrected chi connectivity index (χ0v) is 11.0. The molecule has 0 aromatic heterocycles. The largest absolute Gasteiger partial charge is 0.496 e. The van der Waals surface area contributed by atoms with Gasteiger partial charge in [-0.15, -0.1) is 0 Å². The molecule has 2 N–H and O–H groups in total. The molecule has 1 aliphatic carbocycles. The van der Waals surface area contributed by atoms with Gasteiger partial charge in [-0.05, 0) is 30.5 Å². The second kappa shape index (κ2) is 4.84. The van der Waals surface area contributed by atoms with Gasteiger partial charge in [0, 0.05) is 29.7 Å². The fraction of sp³-hybridized carbons (Fsp3) is 0.538. The van der Waals surface area contributed by atoms with Crippen LogP contribution in [0.5, 0.6) is 5.75 Å². The van der Waals surface area contributed by atoms with Crippen LogP contribution in [0.2, 0.25) is 5.02 Å². The van der Waals surface area contributed by atoms with Crippen LogP contribution in [0.15, 0.2) is 12.1 Å². The molecule has 17 heavy (non-hydrogen) atoms. The summed E-state index contributed by atoms with van der Waals surface area (Å²) in [6, 6.07) is 3.80. The monoisotopic (exact) mass is 255 g/mol. The Balaban J connectivity index is 2.52. The Morgan fingerprint density at radius 3 is 2.53 bits per heavy atom. The fourth-order valence-electron chi connectivity index (χ4n) is 2.38. The van der Waals surface area contributed by atoms with E-state index in [1.165, 1.54) is 5.56 Å². The second-order valence-electron chi connectivity index (χ2n) is 4.56. The lowest BCUT2D eigenvalue weighted by Crippen LogP contribution is -2.22. The summed E-state index contributed by atoms with van der Waals surface area (Å²) >= 11 is 6.08. The topological polar surface area (TPSA) is 44.5 Å². The number of hydrogen-bond acceptors (Lipinski definition) is 3. The van der Waals surface area contributed by atoms with Crippen LogP contribution in [0.25, 0.3) is 0 Å². The third kappa shape index (κ3) is 2.28. The van der Waals surface area contributed by atoms with Crippen molar-refractivity contribution in [3.63, 3.8) is 0 Å². The Bertz CT molecular complexity index is 416. The molecule has 1 aromatic rings. The van der Waals surface area contributed by atoms with E-state index in [-0.39, 0.29) is 5.41 Å². The molecule has 94 valence electrons. The lowest BCUT2D eigenvalue weighted by atomic mass is 9.90. The summed E-state index contributed by atoms with van der Waals surface area (Å²) in [6.45, 7) is 1.18. The van der Waals surface area contributed by atoms with Crippen LogP contribution >= 0.6 is 11.6 Å². The van der Waals surface area contributed by atoms with Crippen LogP contribution in [0.1, 0.15) is 24.0 Å². The summed E-state index contributed by atoms with van der Waals surface area (Å²) < 4.78 is 10.7. The van der Waals surface area contributed by atoms with E-state index >= 15 is 0 Å². The third-order valence-electron chi connectivity index (χ3n) is 3.44. The smallest absolute Gasteiger partial charge is 0.124 e. The first-order chi connectivity index (χ1) is 8.16. The van der Waals surface area contributed by atoms with Crippen molar-refractivity contribution < 1.29 is 9.47 Å². The molecule has 0 aliphatic heterocycles. The molecule has 1 saturated carbocycles. The molecule has 2 rings (SSSR count). The van der Waals surface area contributed by atoms with Crippen molar-refractivity contribution in [3.05, 3.63) is 28.3 Å². The first-order valence-corrected chi connectivity index (χ1v) is 6.10. The molecule has 1 fully saturated rings. The molecule has 0 saturated heterocycles. The molecule has 1 aliphatic rings. The third-order valence-corrected chi connectivity index (χ3v) is 3.66. The van der Waals surface area contributed by atoms with Gasteiger partial charge in [0.25, 0.3) is 0 Å². The minimum atomic E-state index is 0.0732. The molecule has 1 aromatic carbocycles. The van der Waals surface area contributed by atoms with Gasteiger partial charge in [0.1, 0.15) is 5.75 Å². The van der Waals surface area contributed by atoms with Gasteiger partial charge >= 0.3 is 0 Å². The van der Waals surface area contributed by atoms with Gasteiger partial charge in [0.2, 0.25) is 0 Å². The Morgan fingerprint density at radius 2 is 2.06 bits per heavy atom. The Labute approximate surface area is 107 Å². The number of benzene rings is 1. The molecule has 3 nitrogen and oxygen atoms in total. The molecule has 0 spiro atoms. The lowest BCUT2D eigenvalue weighted by molar-refractivity contribution is 0.183. The second-order valence-corrected chi connectivity index (χ2v) is 5.00. The number of methoxy groups -OCH3 is 2. The first kappa shape index (κ1) is 12.7. The van der Waals surface area contributed by atoms with Gasteiger partial charge in [-0.25, -0.2) is 0 Å². The van der Waals surface area contributed by atoms with Crippen LogP contribution in [0, 0.1) is 0 Å². The van der Waals surface area contributed by atoms with Gasteiger partial charge in [0.15, 0.2) is 0 Å². The molecule has 0 bridgehead atoms. The molecule has 0 unspecified atom stereocenters. The number of nitrogens with two attached hydrogens (primary N) is 1. The molecule has 0 radical (unpaired) electrons. The Hall–Kier alpha value is -0.770. The quantitative estimate of drug-likeness (QED) is 0.879. The van der Waals surface area contributed by atoms with Crippen molar-refractivity contribution in [1.29, 1.82) is 0 Å². The van der Waals surface area contributed by atoms with Crippen LogP contribution < -0.4 is 10.5 Å².